The quantitative estimate of drug-likeness (QED) is 0.651. The lowest BCUT2D eigenvalue weighted by molar-refractivity contribution is -0.0328. The van der Waals surface area contributed by atoms with Gasteiger partial charge in [-0.1, -0.05) is 12.1 Å². The van der Waals surface area contributed by atoms with E-state index in [0.717, 1.165) is 24.2 Å². The molecule has 0 bridgehead atoms. The molecule has 0 unspecified atom stereocenters. The third kappa shape index (κ3) is 4.94. The van der Waals surface area contributed by atoms with Gasteiger partial charge in [0.15, 0.2) is 0 Å². The van der Waals surface area contributed by atoms with Crippen LogP contribution in [-0.2, 0) is 6.54 Å². The van der Waals surface area contributed by atoms with Crippen molar-refractivity contribution in [1.82, 2.24) is 4.90 Å². The summed E-state index contributed by atoms with van der Waals surface area (Å²) in [5, 5.41) is 0. The molecule has 3 rings (SSSR count). The molecule has 2 aromatic carbocycles. The maximum absolute atomic E-state index is 12.8. The van der Waals surface area contributed by atoms with Crippen LogP contribution in [0.2, 0.25) is 0 Å². The zero-order valence-electron chi connectivity index (χ0n) is 14.1. The SMILES string of the molecule is COc1ccc(CN(C(=O)c2ccc(SC(F)(F)F)cc2)C2CC2)cc1. The molecule has 1 saturated carbocycles. The van der Waals surface area contributed by atoms with Crippen LogP contribution in [0.25, 0.3) is 0 Å². The summed E-state index contributed by atoms with van der Waals surface area (Å²) in [7, 11) is 1.59. The summed E-state index contributed by atoms with van der Waals surface area (Å²) in [6, 6.07) is 13.3. The lowest BCUT2D eigenvalue weighted by Gasteiger charge is -2.23. The van der Waals surface area contributed by atoms with Gasteiger partial charge in [0, 0.05) is 23.0 Å². The van der Waals surface area contributed by atoms with Gasteiger partial charge >= 0.3 is 5.51 Å². The Morgan fingerprint density at radius 1 is 1.12 bits per heavy atom. The van der Waals surface area contributed by atoms with Crippen LogP contribution >= 0.6 is 11.8 Å². The largest absolute Gasteiger partial charge is 0.497 e. The van der Waals surface area contributed by atoms with E-state index in [2.05, 4.69) is 0 Å². The standard InChI is InChI=1S/C19H18F3NO2S/c1-25-16-8-2-13(3-9-16)12-23(15-6-7-15)18(24)14-4-10-17(11-5-14)26-19(20,21)22/h2-5,8-11,15H,6-7,12H2,1H3. The van der Waals surface area contributed by atoms with Gasteiger partial charge in [0.25, 0.3) is 5.91 Å². The van der Waals surface area contributed by atoms with Crippen LogP contribution in [0.15, 0.2) is 53.4 Å². The van der Waals surface area contributed by atoms with Gasteiger partial charge in [-0.3, -0.25) is 4.79 Å². The minimum Gasteiger partial charge on any atom is -0.497 e. The highest BCUT2D eigenvalue weighted by atomic mass is 32.2. The van der Waals surface area contributed by atoms with Crippen LogP contribution in [0.4, 0.5) is 13.2 Å². The molecule has 0 heterocycles. The number of methoxy groups -OCH3 is 1. The fourth-order valence-corrected chi connectivity index (χ4v) is 3.19. The summed E-state index contributed by atoms with van der Waals surface area (Å²) < 4.78 is 42.4. The second-order valence-electron chi connectivity index (χ2n) is 6.08. The summed E-state index contributed by atoms with van der Waals surface area (Å²) in [6.07, 6.45) is 1.90. The van der Waals surface area contributed by atoms with Crippen molar-refractivity contribution in [3.05, 3.63) is 59.7 Å². The van der Waals surface area contributed by atoms with E-state index in [4.69, 9.17) is 4.74 Å². The van der Waals surface area contributed by atoms with Crippen molar-refractivity contribution in [2.45, 2.75) is 35.8 Å². The van der Waals surface area contributed by atoms with Crippen molar-refractivity contribution in [3.8, 4) is 5.75 Å². The Morgan fingerprint density at radius 3 is 2.23 bits per heavy atom. The first-order valence-corrected chi connectivity index (χ1v) is 8.97. The Balaban J connectivity index is 1.72. The van der Waals surface area contributed by atoms with Crippen molar-refractivity contribution in [2.75, 3.05) is 7.11 Å². The molecule has 26 heavy (non-hydrogen) atoms. The lowest BCUT2D eigenvalue weighted by Crippen LogP contribution is -2.32. The predicted molar refractivity (Wildman–Crippen MR) is 94.2 cm³/mol. The number of alkyl halides is 3. The van der Waals surface area contributed by atoms with E-state index in [9.17, 15) is 18.0 Å². The van der Waals surface area contributed by atoms with Crippen LogP contribution in [-0.4, -0.2) is 29.5 Å². The predicted octanol–water partition coefficient (Wildman–Crippen LogP) is 5.11. The Bertz CT molecular complexity index is 756. The van der Waals surface area contributed by atoms with Gasteiger partial charge in [-0.05, 0) is 66.6 Å². The van der Waals surface area contributed by atoms with Gasteiger partial charge in [-0.15, -0.1) is 0 Å². The number of nitrogens with zero attached hydrogens (tertiary/aromatic N) is 1. The van der Waals surface area contributed by atoms with Gasteiger partial charge in [-0.2, -0.15) is 13.2 Å². The summed E-state index contributed by atoms with van der Waals surface area (Å²) >= 11 is -0.182. The van der Waals surface area contributed by atoms with Crippen LogP contribution in [0, 0.1) is 0 Å². The average molecular weight is 381 g/mol. The van der Waals surface area contributed by atoms with Crippen LogP contribution in [0.1, 0.15) is 28.8 Å². The topological polar surface area (TPSA) is 29.5 Å². The van der Waals surface area contributed by atoms with E-state index in [1.54, 1.807) is 12.0 Å². The Labute approximate surface area is 154 Å². The summed E-state index contributed by atoms with van der Waals surface area (Å²) in [4.78, 5) is 14.7. The van der Waals surface area contributed by atoms with Crippen molar-refractivity contribution in [2.24, 2.45) is 0 Å². The number of hydrogen-bond donors (Lipinski definition) is 0. The molecule has 0 spiro atoms. The number of hydrogen-bond acceptors (Lipinski definition) is 3. The zero-order valence-corrected chi connectivity index (χ0v) is 14.9. The Hall–Kier alpha value is -2.15. The van der Waals surface area contributed by atoms with E-state index in [1.807, 2.05) is 24.3 Å². The first kappa shape index (κ1) is 18.6. The highest BCUT2D eigenvalue weighted by Gasteiger charge is 2.33. The number of thioether (sulfide) groups is 1. The number of rotatable bonds is 6. The number of carbonyl (C=O) groups is 1. The fourth-order valence-electron chi connectivity index (χ4n) is 2.65. The number of carbonyl (C=O) groups excluding carboxylic acids is 1. The van der Waals surface area contributed by atoms with E-state index in [0.29, 0.717) is 12.1 Å². The molecule has 0 aliphatic heterocycles. The Morgan fingerprint density at radius 2 is 1.73 bits per heavy atom. The number of halogens is 3. The van der Waals surface area contributed by atoms with Gasteiger partial charge < -0.3 is 9.64 Å². The molecule has 138 valence electrons. The molecule has 2 aromatic rings. The summed E-state index contributed by atoms with van der Waals surface area (Å²) in [5.74, 6) is 0.586. The summed E-state index contributed by atoms with van der Waals surface area (Å²) in [5.41, 5.74) is -2.95. The van der Waals surface area contributed by atoms with E-state index in [1.165, 1.54) is 24.3 Å². The van der Waals surface area contributed by atoms with Crippen molar-refractivity contribution in [1.29, 1.82) is 0 Å². The van der Waals surface area contributed by atoms with Crippen LogP contribution < -0.4 is 4.74 Å². The number of ether oxygens (including phenoxy) is 1. The maximum atomic E-state index is 12.8. The molecule has 0 aromatic heterocycles. The molecule has 1 fully saturated rings. The molecule has 1 aliphatic rings. The van der Waals surface area contributed by atoms with Crippen molar-refractivity contribution in [3.63, 3.8) is 0 Å². The molecule has 0 radical (unpaired) electrons. The second-order valence-corrected chi connectivity index (χ2v) is 7.22. The third-order valence-corrected chi connectivity index (χ3v) is 4.83. The van der Waals surface area contributed by atoms with E-state index >= 15 is 0 Å². The normalized spacial score (nSPS) is 14.2. The fraction of sp³-hybridized carbons (Fsp3) is 0.316. The molecule has 7 heteroatoms. The van der Waals surface area contributed by atoms with E-state index < -0.39 is 5.51 Å². The Kier molecular flexibility index (Phi) is 5.46. The van der Waals surface area contributed by atoms with Crippen molar-refractivity contribution < 1.29 is 22.7 Å². The monoisotopic (exact) mass is 381 g/mol. The molecule has 0 saturated heterocycles. The number of benzene rings is 2. The zero-order chi connectivity index (χ0) is 18.7. The minimum absolute atomic E-state index is 0.0715. The van der Waals surface area contributed by atoms with Gasteiger partial charge in [-0.25, -0.2) is 0 Å². The first-order valence-electron chi connectivity index (χ1n) is 8.15. The molecular formula is C19H18F3NO2S. The number of amides is 1. The molecule has 0 N–H and O–H groups in total. The first-order chi connectivity index (χ1) is 12.4. The molecule has 0 atom stereocenters. The second kappa shape index (κ2) is 7.61. The van der Waals surface area contributed by atoms with Gasteiger partial charge in [0.2, 0.25) is 0 Å². The minimum atomic E-state index is -4.33. The van der Waals surface area contributed by atoms with Gasteiger partial charge in [0.1, 0.15) is 5.75 Å². The highest BCUT2D eigenvalue weighted by molar-refractivity contribution is 8.00. The van der Waals surface area contributed by atoms with Gasteiger partial charge in [0.05, 0.1) is 7.11 Å². The summed E-state index contributed by atoms with van der Waals surface area (Å²) in [6.45, 7) is 0.465. The smallest absolute Gasteiger partial charge is 0.446 e. The van der Waals surface area contributed by atoms with E-state index in [-0.39, 0.29) is 28.6 Å². The molecule has 3 nitrogen and oxygen atoms in total. The highest BCUT2D eigenvalue weighted by Crippen LogP contribution is 2.37. The molecule has 1 amide bonds. The maximum Gasteiger partial charge on any atom is 0.446 e. The van der Waals surface area contributed by atoms with Crippen molar-refractivity contribution >= 4 is 17.7 Å². The van der Waals surface area contributed by atoms with Crippen LogP contribution in [0.5, 0.6) is 5.75 Å². The molecule has 1 aliphatic carbocycles. The third-order valence-electron chi connectivity index (χ3n) is 4.10. The van der Waals surface area contributed by atoms with Crippen LogP contribution in [0.3, 0.4) is 0 Å². The molecular weight excluding hydrogens is 363 g/mol. The average Bonchev–Trinajstić information content (AvgIpc) is 3.44. The lowest BCUT2D eigenvalue weighted by atomic mass is 10.1.